The molecule has 0 aromatic carbocycles. The number of nitrogens with zero attached hydrogens (tertiary/aromatic N) is 4. The summed E-state index contributed by atoms with van der Waals surface area (Å²) in [7, 11) is 1.50. The number of nitriles is 3. The molecule has 7 nitrogen and oxygen atoms in total. The predicted octanol–water partition coefficient (Wildman–Crippen LogP) is 0.0475. The van der Waals surface area contributed by atoms with E-state index in [0.29, 0.717) is 10.3 Å². The topological polar surface area (TPSA) is 116 Å². The Bertz CT molecular complexity index is 1010. The van der Waals surface area contributed by atoms with Crippen LogP contribution in [-0.2, 0) is 11.3 Å². The van der Waals surface area contributed by atoms with Crippen molar-refractivity contribution in [2.45, 2.75) is 6.54 Å². The van der Waals surface area contributed by atoms with Crippen LogP contribution in [0.5, 0.6) is 0 Å². The van der Waals surface area contributed by atoms with Gasteiger partial charge in [-0.3, -0.25) is 9.36 Å². The Labute approximate surface area is 134 Å². The minimum atomic E-state index is -0.347. The quantitative estimate of drug-likeness (QED) is 0.783. The van der Waals surface area contributed by atoms with E-state index < -0.39 is 0 Å². The number of ether oxygens (including phenoxy) is 1. The fourth-order valence-corrected chi connectivity index (χ4v) is 2.89. The Hall–Kier alpha value is -3.12. The maximum absolute atomic E-state index is 12.5. The minimum Gasteiger partial charge on any atom is -0.446 e. The lowest BCUT2D eigenvalue weighted by Crippen LogP contribution is -2.33. The van der Waals surface area contributed by atoms with Crippen LogP contribution in [0.15, 0.2) is 21.3 Å². The third-order valence-corrected chi connectivity index (χ3v) is 4.00. The lowest BCUT2D eigenvalue weighted by Gasteiger charge is -1.99. The Morgan fingerprint density at radius 2 is 2.13 bits per heavy atom. The van der Waals surface area contributed by atoms with Crippen LogP contribution in [0.4, 0.5) is 0 Å². The van der Waals surface area contributed by atoms with Gasteiger partial charge in [0.25, 0.3) is 5.56 Å². The van der Waals surface area contributed by atoms with Crippen LogP contribution < -0.4 is 14.8 Å². The smallest absolute Gasteiger partial charge is 0.269 e. The van der Waals surface area contributed by atoms with Gasteiger partial charge in [0.1, 0.15) is 28.6 Å². The van der Waals surface area contributed by atoms with E-state index in [2.05, 4.69) is 0 Å². The lowest BCUT2D eigenvalue weighted by molar-refractivity contribution is 0.186. The van der Waals surface area contributed by atoms with Crippen molar-refractivity contribution < 1.29 is 9.15 Å². The summed E-state index contributed by atoms with van der Waals surface area (Å²) in [5.74, 6) is 0.481. The average Bonchev–Trinajstić information content (AvgIpc) is 3.13. The van der Waals surface area contributed by atoms with Crippen LogP contribution in [0, 0.1) is 34.0 Å². The summed E-state index contributed by atoms with van der Waals surface area (Å²) >= 11 is 1.02. The fraction of sp³-hybridized carbons (Fsp3) is 0.200. The van der Waals surface area contributed by atoms with Gasteiger partial charge in [-0.1, -0.05) is 0 Å². The first kappa shape index (κ1) is 16.3. The third kappa shape index (κ3) is 3.38. The fourth-order valence-electron chi connectivity index (χ4n) is 1.83. The first-order valence-electron chi connectivity index (χ1n) is 6.39. The van der Waals surface area contributed by atoms with E-state index in [0.717, 1.165) is 11.3 Å². The summed E-state index contributed by atoms with van der Waals surface area (Å²) in [6, 6.07) is 8.49. The van der Waals surface area contributed by atoms with Crippen LogP contribution in [0.3, 0.4) is 0 Å². The highest BCUT2D eigenvalue weighted by Crippen LogP contribution is 2.06. The molecule has 0 aliphatic heterocycles. The van der Waals surface area contributed by atoms with Gasteiger partial charge < -0.3 is 9.15 Å². The second-order valence-electron chi connectivity index (χ2n) is 4.28. The Balaban J connectivity index is 2.71. The maximum atomic E-state index is 12.5. The van der Waals surface area contributed by atoms with Gasteiger partial charge in [0.2, 0.25) is 5.76 Å². The molecule has 2 aromatic heterocycles. The van der Waals surface area contributed by atoms with Gasteiger partial charge in [0.15, 0.2) is 5.57 Å². The summed E-state index contributed by atoms with van der Waals surface area (Å²) < 4.78 is 12.1. The first-order valence-corrected chi connectivity index (χ1v) is 7.21. The number of hydrogen-bond acceptors (Lipinski definition) is 7. The third-order valence-electron chi connectivity index (χ3n) is 2.87. The monoisotopic (exact) mass is 326 g/mol. The molecule has 23 heavy (non-hydrogen) atoms. The van der Waals surface area contributed by atoms with E-state index >= 15 is 0 Å². The summed E-state index contributed by atoms with van der Waals surface area (Å²) in [6.07, 6.45) is 1.48. The second kappa shape index (κ2) is 7.24. The van der Waals surface area contributed by atoms with Crippen LogP contribution >= 0.6 is 11.3 Å². The second-order valence-corrected chi connectivity index (χ2v) is 5.31. The number of methoxy groups -OCH3 is 1. The molecule has 0 bridgehead atoms. The first-order chi connectivity index (χ1) is 11.1. The molecule has 0 unspecified atom stereocenters. The highest BCUT2D eigenvalue weighted by Gasteiger charge is 2.09. The Morgan fingerprint density at radius 1 is 1.39 bits per heavy atom. The standard InChI is InChI=1S/C15H10N4O3S/c1-21-5-4-19-14(20)13(23-15(19)10(7-16)8-17)6-11-2-3-12(9-18)22-11/h2-3,6H,4-5H2,1H3/b13-6+. The molecule has 0 fully saturated rings. The Morgan fingerprint density at radius 3 is 2.70 bits per heavy atom. The van der Waals surface area contributed by atoms with Gasteiger partial charge in [-0.25, -0.2) is 0 Å². The molecule has 8 heteroatoms. The molecule has 0 saturated carbocycles. The Kier molecular flexibility index (Phi) is 5.11. The molecular formula is C15H10N4O3S. The number of rotatable bonds is 4. The van der Waals surface area contributed by atoms with Gasteiger partial charge in [-0.05, 0) is 12.1 Å². The summed E-state index contributed by atoms with van der Waals surface area (Å²) in [5, 5.41) is 26.8. The van der Waals surface area contributed by atoms with Crippen molar-refractivity contribution in [3.8, 4) is 18.2 Å². The van der Waals surface area contributed by atoms with Gasteiger partial charge in [0, 0.05) is 13.2 Å². The molecule has 2 rings (SSSR count). The van der Waals surface area contributed by atoms with E-state index in [4.69, 9.17) is 24.9 Å². The molecule has 0 aliphatic rings. The van der Waals surface area contributed by atoms with Crippen LogP contribution in [0.2, 0.25) is 0 Å². The lowest BCUT2D eigenvalue weighted by atomic mass is 10.3. The molecule has 0 aliphatic carbocycles. The summed E-state index contributed by atoms with van der Waals surface area (Å²) in [4.78, 5) is 12.5. The zero-order chi connectivity index (χ0) is 16.8. The molecule has 2 heterocycles. The van der Waals surface area contributed by atoms with E-state index in [-0.39, 0.29) is 34.7 Å². The van der Waals surface area contributed by atoms with Gasteiger partial charge in [0.05, 0.1) is 17.7 Å². The van der Waals surface area contributed by atoms with Crippen LogP contribution in [0.1, 0.15) is 11.5 Å². The number of hydrogen-bond donors (Lipinski definition) is 0. The van der Waals surface area contributed by atoms with Gasteiger partial charge in [-0.15, -0.1) is 11.3 Å². The molecule has 0 atom stereocenters. The number of aromatic nitrogens is 1. The van der Waals surface area contributed by atoms with Gasteiger partial charge >= 0.3 is 0 Å². The van der Waals surface area contributed by atoms with Crippen molar-refractivity contribution in [3.63, 3.8) is 0 Å². The van der Waals surface area contributed by atoms with E-state index in [1.54, 1.807) is 18.2 Å². The van der Waals surface area contributed by atoms with E-state index in [1.165, 1.54) is 23.8 Å². The molecule has 2 aromatic rings. The number of furan rings is 1. The summed E-state index contributed by atoms with van der Waals surface area (Å²) in [5.41, 5.74) is -0.486. The van der Waals surface area contributed by atoms with Crippen molar-refractivity contribution in [2.24, 2.45) is 0 Å². The predicted molar refractivity (Wildman–Crippen MR) is 81.3 cm³/mol. The molecule has 0 radical (unpaired) electrons. The molecule has 0 saturated heterocycles. The van der Waals surface area contributed by atoms with Crippen molar-refractivity contribution in [1.29, 1.82) is 15.8 Å². The largest absolute Gasteiger partial charge is 0.446 e. The molecule has 0 N–H and O–H groups in total. The molecule has 0 spiro atoms. The highest BCUT2D eigenvalue weighted by atomic mass is 32.1. The van der Waals surface area contributed by atoms with Gasteiger partial charge in [-0.2, -0.15) is 15.8 Å². The van der Waals surface area contributed by atoms with Crippen molar-refractivity contribution in [1.82, 2.24) is 4.57 Å². The van der Waals surface area contributed by atoms with E-state index in [9.17, 15) is 4.79 Å². The molecular weight excluding hydrogens is 316 g/mol. The zero-order valence-electron chi connectivity index (χ0n) is 12.1. The molecule has 114 valence electrons. The van der Waals surface area contributed by atoms with E-state index in [1.807, 2.05) is 6.07 Å². The van der Waals surface area contributed by atoms with Crippen molar-refractivity contribution >= 4 is 23.0 Å². The van der Waals surface area contributed by atoms with Crippen LogP contribution in [0.25, 0.3) is 11.6 Å². The SMILES string of the molecule is COCCn1c(=C(C#N)C#N)s/c(=C/c2ccc(C#N)o2)c1=O. The average molecular weight is 326 g/mol. The molecule has 0 amide bonds. The normalized spacial score (nSPS) is 10.8. The maximum Gasteiger partial charge on any atom is 0.269 e. The van der Waals surface area contributed by atoms with Crippen LogP contribution in [-0.4, -0.2) is 18.3 Å². The minimum absolute atomic E-state index is 0.133. The summed E-state index contributed by atoms with van der Waals surface area (Å²) in [6.45, 7) is 0.496. The highest BCUT2D eigenvalue weighted by molar-refractivity contribution is 7.07. The van der Waals surface area contributed by atoms with Crippen molar-refractivity contribution in [3.05, 3.63) is 43.2 Å². The number of thiazole rings is 1. The zero-order valence-corrected chi connectivity index (χ0v) is 12.9. The van der Waals surface area contributed by atoms with Crippen molar-refractivity contribution in [2.75, 3.05) is 13.7 Å².